The van der Waals surface area contributed by atoms with E-state index in [0.29, 0.717) is 50.8 Å². The molecular weight excluding hydrogens is 876 g/mol. The summed E-state index contributed by atoms with van der Waals surface area (Å²) in [7, 11) is -4.73. The highest BCUT2D eigenvalue weighted by atomic mass is 35.5. The number of nitro benzene ring substituents is 1. The van der Waals surface area contributed by atoms with Gasteiger partial charge in [-0.25, -0.2) is 18.1 Å². The smallest absolute Gasteiger partial charge is 0.297 e. The Morgan fingerprint density at radius 2 is 1.78 bits per heavy atom. The summed E-state index contributed by atoms with van der Waals surface area (Å²) in [6.45, 7) is 9.74. The highest BCUT2D eigenvalue weighted by Crippen LogP contribution is 2.44. The highest BCUT2D eigenvalue weighted by molar-refractivity contribution is 7.90. The number of H-pyrrole nitrogens is 1. The number of fused-ring (bicyclic) bond motifs is 2. The Bertz CT molecular complexity index is 2800. The van der Waals surface area contributed by atoms with Crippen LogP contribution in [0.5, 0.6) is 17.2 Å². The molecule has 0 unspecified atom stereocenters. The van der Waals surface area contributed by atoms with Gasteiger partial charge in [0.1, 0.15) is 29.8 Å². The third-order valence-electron chi connectivity index (χ3n) is 12.5. The summed E-state index contributed by atoms with van der Waals surface area (Å²) in [4.78, 5) is 51.9. The van der Waals surface area contributed by atoms with Crippen molar-refractivity contribution in [2.75, 3.05) is 75.9 Å². The second kappa shape index (κ2) is 18.0. The minimum absolute atomic E-state index is 0.0804. The van der Waals surface area contributed by atoms with Gasteiger partial charge < -0.3 is 34.3 Å². The van der Waals surface area contributed by atoms with Gasteiger partial charge in [-0.05, 0) is 72.2 Å². The average Bonchev–Trinajstić information content (AvgIpc) is 3.77. The van der Waals surface area contributed by atoms with Gasteiger partial charge in [0, 0.05) is 86.3 Å². The molecule has 1 atom stereocenters. The van der Waals surface area contributed by atoms with Crippen LogP contribution in [0.2, 0.25) is 5.02 Å². The lowest BCUT2D eigenvalue weighted by molar-refractivity contribution is -0.384. The van der Waals surface area contributed by atoms with Gasteiger partial charge >= 0.3 is 0 Å². The number of carbonyl (C=O) groups is 2. The Morgan fingerprint density at radius 3 is 2.54 bits per heavy atom. The van der Waals surface area contributed by atoms with Crippen LogP contribution < -0.4 is 24.4 Å². The average molecular weight is 925 g/mol. The molecule has 0 spiro atoms. The number of nitrogens with zero attached hydrogens (tertiary/aromatic N) is 5. The topological polar surface area (TPSA) is 202 Å². The monoisotopic (exact) mass is 924 g/mol. The normalized spacial score (nSPS) is 19.0. The number of nitro groups is 1. The second-order valence-corrected chi connectivity index (χ2v) is 19.6. The largest absolute Gasteiger partial charge is 0.488 e. The molecule has 19 heteroatoms. The number of rotatable bonds is 11. The number of benzene rings is 3. The van der Waals surface area contributed by atoms with E-state index in [9.17, 15) is 28.1 Å². The molecule has 0 bridgehead atoms. The van der Waals surface area contributed by atoms with Gasteiger partial charge in [-0.1, -0.05) is 43.2 Å². The molecule has 5 heterocycles. The number of amides is 2. The van der Waals surface area contributed by atoms with Crippen molar-refractivity contribution in [1.82, 2.24) is 24.5 Å². The Labute approximate surface area is 380 Å². The molecule has 4 aliphatic rings. The van der Waals surface area contributed by atoms with Crippen LogP contribution in [0, 0.1) is 15.5 Å². The number of sulfonamides is 1. The second-order valence-electron chi connectivity index (χ2n) is 17.5. The molecule has 65 heavy (non-hydrogen) atoms. The number of morpholine rings is 1. The molecule has 2 fully saturated rings. The lowest BCUT2D eigenvalue weighted by Crippen LogP contribution is -2.51. The summed E-state index contributed by atoms with van der Waals surface area (Å²) in [5.74, 6) is -1.11. The fraction of sp³-hybridized carbons (Fsp3) is 0.370. The summed E-state index contributed by atoms with van der Waals surface area (Å²) in [6, 6.07) is 17.6. The summed E-state index contributed by atoms with van der Waals surface area (Å²) < 4.78 is 47.3. The Kier molecular flexibility index (Phi) is 12.2. The lowest BCUT2D eigenvalue weighted by Gasteiger charge is -2.39. The van der Waals surface area contributed by atoms with E-state index in [-0.39, 0.29) is 40.7 Å². The van der Waals surface area contributed by atoms with Crippen LogP contribution in [0.4, 0.5) is 17.1 Å². The van der Waals surface area contributed by atoms with E-state index in [1.165, 1.54) is 29.0 Å². The zero-order valence-corrected chi connectivity index (χ0v) is 37.5. The minimum Gasteiger partial charge on any atom is -0.488 e. The van der Waals surface area contributed by atoms with Crippen molar-refractivity contribution in [2.45, 2.75) is 44.0 Å². The molecule has 17 nitrogen and oxygen atoms in total. The predicted octanol–water partition coefficient (Wildman–Crippen LogP) is 6.85. The van der Waals surface area contributed by atoms with Gasteiger partial charge in [-0.15, -0.1) is 0 Å². The van der Waals surface area contributed by atoms with Crippen molar-refractivity contribution < 1.29 is 37.1 Å². The third kappa shape index (κ3) is 9.61. The predicted molar refractivity (Wildman–Crippen MR) is 245 cm³/mol. The number of aromatic amines is 1. The summed E-state index contributed by atoms with van der Waals surface area (Å²) in [6.07, 6.45) is 6.39. The first kappa shape index (κ1) is 44.0. The maximum atomic E-state index is 14.0. The van der Waals surface area contributed by atoms with Crippen LogP contribution >= 0.6 is 11.6 Å². The number of aromatic nitrogens is 2. The van der Waals surface area contributed by atoms with E-state index in [1.54, 1.807) is 29.3 Å². The molecular formula is C46H49ClN8O9S. The number of ether oxygens (including phenoxy) is 3. The van der Waals surface area contributed by atoms with Crippen molar-refractivity contribution >= 4 is 67.1 Å². The van der Waals surface area contributed by atoms with Gasteiger partial charge in [0.05, 0.1) is 34.8 Å². The third-order valence-corrected chi connectivity index (χ3v) is 14.0. The van der Waals surface area contributed by atoms with Gasteiger partial charge in [0.2, 0.25) is 5.91 Å². The van der Waals surface area contributed by atoms with Gasteiger partial charge in [0.25, 0.3) is 21.6 Å². The molecule has 3 aromatic carbocycles. The first-order valence-corrected chi connectivity index (χ1v) is 23.4. The zero-order valence-electron chi connectivity index (χ0n) is 36.0. The van der Waals surface area contributed by atoms with Crippen LogP contribution in [-0.4, -0.2) is 117 Å². The van der Waals surface area contributed by atoms with E-state index in [1.807, 2.05) is 18.2 Å². The number of nitrogens with one attached hydrogen (secondary N) is 3. The molecule has 2 amide bonds. The minimum atomic E-state index is -4.73. The lowest BCUT2D eigenvalue weighted by atomic mass is 9.72. The van der Waals surface area contributed by atoms with Crippen LogP contribution in [0.3, 0.4) is 0 Å². The number of halogens is 1. The molecule has 340 valence electrons. The van der Waals surface area contributed by atoms with Gasteiger partial charge in [-0.2, -0.15) is 0 Å². The molecule has 3 N–H and O–H groups in total. The number of anilines is 2. The Morgan fingerprint density at radius 1 is 1.02 bits per heavy atom. The fourth-order valence-electron chi connectivity index (χ4n) is 8.88. The number of hydrogen-bond acceptors (Lipinski definition) is 13. The zero-order chi connectivity index (χ0) is 45.5. The van der Waals surface area contributed by atoms with Crippen molar-refractivity contribution in [3.05, 3.63) is 111 Å². The molecule has 1 aliphatic carbocycles. The van der Waals surface area contributed by atoms with E-state index >= 15 is 0 Å². The SMILES string of the molecule is CC1(C)CCC(CN2CCN(c3ccc(C(=O)NS(=O)(=O)c4cc5c(c([N+](=O)[O-])c4)N[C@@H](C(=O)N4CCOCC4)CO5)c(Oc4cnc5[nH]ccc5c4)c3)CC2)=C(c2ccc(Cl)cc2)C1. The van der Waals surface area contributed by atoms with Gasteiger partial charge in [0.15, 0.2) is 11.4 Å². The molecule has 2 aromatic heterocycles. The number of allylic oxidation sites excluding steroid dienone is 1. The summed E-state index contributed by atoms with van der Waals surface area (Å²) in [5, 5.41) is 16.7. The van der Waals surface area contributed by atoms with E-state index in [4.69, 9.17) is 25.8 Å². The maximum absolute atomic E-state index is 14.0. The molecule has 3 aliphatic heterocycles. The number of hydrogen-bond donors (Lipinski definition) is 3. The number of piperazine rings is 1. The maximum Gasteiger partial charge on any atom is 0.297 e. The van der Waals surface area contributed by atoms with Crippen molar-refractivity contribution in [2.24, 2.45) is 5.41 Å². The first-order chi connectivity index (χ1) is 31.2. The molecule has 5 aromatic rings. The van der Waals surface area contributed by atoms with E-state index < -0.39 is 37.5 Å². The summed E-state index contributed by atoms with van der Waals surface area (Å²) >= 11 is 6.24. The quantitative estimate of drug-likeness (QED) is 0.0918. The fourth-order valence-corrected chi connectivity index (χ4v) is 10.0. The van der Waals surface area contributed by atoms with Crippen LogP contribution in [0.15, 0.2) is 89.6 Å². The van der Waals surface area contributed by atoms with E-state index in [0.717, 1.165) is 67.1 Å². The molecule has 0 radical (unpaired) electrons. The first-order valence-electron chi connectivity index (χ1n) is 21.5. The number of pyridine rings is 1. The summed E-state index contributed by atoms with van der Waals surface area (Å²) in [5.41, 5.74) is 4.80. The Balaban J connectivity index is 0.943. The van der Waals surface area contributed by atoms with Gasteiger partial charge in [-0.3, -0.25) is 24.6 Å². The molecule has 9 rings (SSSR count). The molecule has 2 saturated heterocycles. The number of carbonyl (C=O) groups excluding carboxylic acids is 2. The van der Waals surface area contributed by atoms with Crippen LogP contribution in [0.1, 0.15) is 49.0 Å². The van der Waals surface area contributed by atoms with Crippen LogP contribution in [-0.2, 0) is 19.6 Å². The van der Waals surface area contributed by atoms with Crippen molar-refractivity contribution in [1.29, 1.82) is 0 Å². The Hall–Kier alpha value is -6.21. The highest BCUT2D eigenvalue weighted by Gasteiger charge is 2.36. The van der Waals surface area contributed by atoms with E-state index in [2.05, 4.69) is 55.8 Å². The molecule has 0 saturated carbocycles. The van der Waals surface area contributed by atoms with Crippen molar-refractivity contribution in [3.63, 3.8) is 0 Å². The van der Waals surface area contributed by atoms with Crippen molar-refractivity contribution in [3.8, 4) is 17.2 Å². The standard InChI is InChI=1S/C46H49ClN8O9S/c1-46(2)11-9-31(37(25-46)29-3-5-32(47)6-4-29)27-52-13-15-53(16-14-52)33-7-8-36(40(22-33)64-34-21-30-10-12-48-43(30)49-26-34)44(56)51-65(60,61)35-23-39(55(58)59)42-41(24-35)63-28-38(50-42)45(57)54-17-19-62-20-18-54/h3-8,10,12,21-24,26,38,50H,9,11,13-20,25,27-28H2,1-2H3,(H,48,49)(H,51,56)/t38-/m1/s1. The van der Waals surface area contributed by atoms with Crippen LogP contribution in [0.25, 0.3) is 16.6 Å².